The highest BCUT2D eigenvalue weighted by molar-refractivity contribution is 7.80. The first-order valence-electron chi connectivity index (χ1n) is 5.74. The zero-order valence-corrected chi connectivity index (χ0v) is 11.1. The number of aryl methyl sites for hydroxylation is 2. The average molecular weight is 240 g/mol. The normalized spacial score (nSPS) is 12.8. The second kappa shape index (κ2) is 6.09. The Bertz CT molecular complexity index is 400. The molecule has 1 aromatic rings. The molecule has 0 aliphatic rings. The minimum atomic E-state index is 0.0490. The van der Waals surface area contributed by atoms with Gasteiger partial charge in [0.05, 0.1) is 0 Å². The largest absolute Gasteiger partial charge is 0.297 e. The number of hydrogen-bond acceptors (Lipinski definition) is 3. The summed E-state index contributed by atoms with van der Waals surface area (Å²) in [5.74, 6) is 2.07. The predicted molar refractivity (Wildman–Crippen MR) is 70.2 cm³/mol. The van der Waals surface area contributed by atoms with Gasteiger partial charge in [-0.3, -0.25) is 9.36 Å². The van der Waals surface area contributed by atoms with Gasteiger partial charge in [-0.1, -0.05) is 13.3 Å². The highest BCUT2D eigenvalue weighted by Gasteiger charge is 2.10. The Morgan fingerprint density at radius 1 is 1.50 bits per heavy atom. The lowest BCUT2D eigenvalue weighted by Crippen LogP contribution is -2.27. The molecule has 0 bridgehead atoms. The van der Waals surface area contributed by atoms with Gasteiger partial charge in [-0.15, -0.1) is 0 Å². The van der Waals surface area contributed by atoms with Gasteiger partial charge in [-0.25, -0.2) is 4.98 Å². The van der Waals surface area contributed by atoms with E-state index in [-0.39, 0.29) is 5.56 Å². The third-order valence-corrected chi connectivity index (χ3v) is 3.24. The summed E-state index contributed by atoms with van der Waals surface area (Å²) < 4.78 is 1.75. The Morgan fingerprint density at radius 3 is 2.69 bits per heavy atom. The second-order valence-corrected chi connectivity index (χ2v) is 4.60. The molecule has 4 heteroatoms. The fraction of sp³-hybridized carbons (Fsp3) is 0.667. The second-order valence-electron chi connectivity index (χ2n) is 4.23. The van der Waals surface area contributed by atoms with Gasteiger partial charge < -0.3 is 0 Å². The number of rotatable bonds is 5. The minimum absolute atomic E-state index is 0.0490. The van der Waals surface area contributed by atoms with E-state index in [1.165, 1.54) is 0 Å². The van der Waals surface area contributed by atoms with Gasteiger partial charge in [0.25, 0.3) is 5.56 Å². The van der Waals surface area contributed by atoms with Crippen LogP contribution in [0.5, 0.6) is 0 Å². The quantitative estimate of drug-likeness (QED) is 0.801. The van der Waals surface area contributed by atoms with Gasteiger partial charge in [0.2, 0.25) is 0 Å². The number of nitrogens with zero attached hydrogens (tertiary/aromatic N) is 2. The molecule has 0 saturated heterocycles. The molecule has 0 aliphatic carbocycles. The van der Waals surface area contributed by atoms with Crippen LogP contribution in [-0.4, -0.2) is 15.3 Å². The third-order valence-electron chi connectivity index (χ3n) is 2.72. The van der Waals surface area contributed by atoms with E-state index in [2.05, 4.69) is 24.5 Å². The molecule has 1 rings (SSSR count). The lowest BCUT2D eigenvalue weighted by molar-refractivity contribution is 0.435. The molecule has 1 aromatic heterocycles. The molecule has 0 N–H and O–H groups in total. The van der Waals surface area contributed by atoms with E-state index in [1.807, 2.05) is 13.8 Å². The van der Waals surface area contributed by atoms with E-state index < -0.39 is 0 Å². The van der Waals surface area contributed by atoms with E-state index in [4.69, 9.17) is 0 Å². The zero-order valence-electron chi connectivity index (χ0n) is 10.2. The van der Waals surface area contributed by atoms with Crippen molar-refractivity contribution in [2.45, 2.75) is 40.2 Å². The van der Waals surface area contributed by atoms with Crippen LogP contribution in [0.1, 0.15) is 31.3 Å². The van der Waals surface area contributed by atoms with Crippen LogP contribution in [-0.2, 0) is 6.54 Å². The van der Waals surface area contributed by atoms with E-state index >= 15 is 0 Å². The van der Waals surface area contributed by atoms with Crippen LogP contribution in [0.25, 0.3) is 0 Å². The first kappa shape index (κ1) is 13.3. The van der Waals surface area contributed by atoms with Crippen molar-refractivity contribution in [3.05, 3.63) is 27.9 Å². The van der Waals surface area contributed by atoms with E-state index in [0.717, 1.165) is 36.7 Å². The topological polar surface area (TPSA) is 34.9 Å². The maximum Gasteiger partial charge on any atom is 0.253 e. The minimum Gasteiger partial charge on any atom is -0.297 e. The van der Waals surface area contributed by atoms with Crippen LogP contribution in [0.4, 0.5) is 0 Å². The van der Waals surface area contributed by atoms with Crippen molar-refractivity contribution in [3.8, 4) is 0 Å². The average Bonchev–Trinajstić information content (AvgIpc) is 2.21. The van der Waals surface area contributed by atoms with E-state index in [0.29, 0.717) is 5.92 Å². The third kappa shape index (κ3) is 3.37. The molecular weight excluding hydrogens is 220 g/mol. The van der Waals surface area contributed by atoms with Crippen molar-refractivity contribution < 1.29 is 0 Å². The molecule has 0 spiro atoms. The summed E-state index contributed by atoms with van der Waals surface area (Å²) in [7, 11) is 0. The summed E-state index contributed by atoms with van der Waals surface area (Å²) in [5, 5.41) is 0. The molecule has 0 radical (unpaired) electrons. The molecule has 0 saturated carbocycles. The van der Waals surface area contributed by atoms with Crippen molar-refractivity contribution in [1.29, 1.82) is 0 Å². The summed E-state index contributed by atoms with van der Waals surface area (Å²) >= 11 is 4.33. The first-order valence-corrected chi connectivity index (χ1v) is 6.37. The molecule has 3 nitrogen and oxygen atoms in total. The summed E-state index contributed by atoms with van der Waals surface area (Å²) in [5.41, 5.74) is 0.838. The number of aromatic nitrogens is 2. The summed E-state index contributed by atoms with van der Waals surface area (Å²) in [6, 6.07) is 1.59. The monoisotopic (exact) mass is 240 g/mol. The Hall–Kier alpha value is -0.770. The first-order chi connectivity index (χ1) is 7.58. The van der Waals surface area contributed by atoms with Gasteiger partial charge in [0.1, 0.15) is 5.82 Å². The molecule has 90 valence electrons. The lowest BCUT2D eigenvalue weighted by Gasteiger charge is -2.16. The van der Waals surface area contributed by atoms with Crippen LogP contribution >= 0.6 is 12.6 Å². The number of thiol groups is 1. The fourth-order valence-corrected chi connectivity index (χ4v) is 2.19. The van der Waals surface area contributed by atoms with Crippen molar-refractivity contribution in [3.63, 3.8) is 0 Å². The standard InChI is InChI=1S/C12H20N2OS/c1-4-5-11(8-16)7-14-10(3)13-9(2)6-12(14)15/h6,11,16H,4-5,7-8H2,1-3H3. The molecule has 0 aliphatic heterocycles. The Kier molecular flexibility index (Phi) is 5.06. The van der Waals surface area contributed by atoms with Crippen LogP contribution in [0.2, 0.25) is 0 Å². The maximum absolute atomic E-state index is 11.8. The molecule has 1 atom stereocenters. The summed E-state index contributed by atoms with van der Waals surface area (Å²) in [6.07, 6.45) is 2.22. The van der Waals surface area contributed by atoms with Crippen molar-refractivity contribution in [1.82, 2.24) is 9.55 Å². The Labute approximate surface area is 102 Å². The highest BCUT2D eigenvalue weighted by Crippen LogP contribution is 2.11. The van der Waals surface area contributed by atoms with Gasteiger partial charge in [0, 0.05) is 18.3 Å². The van der Waals surface area contributed by atoms with Crippen LogP contribution in [0, 0.1) is 19.8 Å². The van der Waals surface area contributed by atoms with Crippen LogP contribution in [0.3, 0.4) is 0 Å². The van der Waals surface area contributed by atoms with Gasteiger partial charge in [0.15, 0.2) is 0 Å². The van der Waals surface area contributed by atoms with Crippen molar-refractivity contribution >= 4 is 12.6 Å². The molecule has 0 aromatic carbocycles. The van der Waals surface area contributed by atoms with E-state index in [1.54, 1.807) is 10.6 Å². The molecule has 16 heavy (non-hydrogen) atoms. The van der Waals surface area contributed by atoms with Gasteiger partial charge in [-0.2, -0.15) is 12.6 Å². The lowest BCUT2D eigenvalue weighted by atomic mass is 10.1. The smallest absolute Gasteiger partial charge is 0.253 e. The molecule has 0 fully saturated rings. The zero-order chi connectivity index (χ0) is 12.1. The molecule has 1 heterocycles. The van der Waals surface area contributed by atoms with Crippen LogP contribution in [0.15, 0.2) is 10.9 Å². The molecular formula is C12H20N2OS. The molecule has 1 unspecified atom stereocenters. The predicted octanol–water partition coefficient (Wildman–Crippen LogP) is 2.21. The van der Waals surface area contributed by atoms with Gasteiger partial charge >= 0.3 is 0 Å². The Morgan fingerprint density at radius 2 is 2.19 bits per heavy atom. The van der Waals surface area contributed by atoms with Crippen molar-refractivity contribution in [2.24, 2.45) is 5.92 Å². The van der Waals surface area contributed by atoms with Gasteiger partial charge in [-0.05, 0) is 31.9 Å². The summed E-state index contributed by atoms with van der Waals surface area (Å²) in [4.78, 5) is 16.1. The molecule has 0 amide bonds. The highest BCUT2D eigenvalue weighted by atomic mass is 32.1. The fourth-order valence-electron chi connectivity index (χ4n) is 1.89. The summed E-state index contributed by atoms with van der Waals surface area (Å²) in [6.45, 7) is 6.62. The van der Waals surface area contributed by atoms with E-state index in [9.17, 15) is 4.79 Å². The van der Waals surface area contributed by atoms with Crippen LogP contribution < -0.4 is 5.56 Å². The maximum atomic E-state index is 11.8. The Balaban J connectivity index is 2.92. The number of hydrogen-bond donors (Lipinski definition) is 1. The SMILES string of the molecule is CCCC(CS)Cn1c(C)nc(C)cc1=O. The van der Waals surface area contributed by atoms with Crippen molar-refractivity contribution in [2.75, 3.05) is 5.75 Å².